The van der Waals surface area contributed by atoms with Crippen molar-refractivity contribution in [1.29, 1.82) is 0 Å². The van der Waals surface area contributed by atoms with Gasteiger partial charge in [-0.05, 0) is 37.1 Å². The third kappa shape index (κ3) is 3.58. The second-order valence-corrected chi connectivity index (χ2v) is 6.34. The van der Waals surface area contributed by atoms with E-state index in [1.165, 1.54) is 6.07 Å². The van der Waals surface area contributed by atoms with Gasteiger partial charge in [-0.25, -0.2) is 18.1 Å². The molecule has 0 atom stereocenters. The van der Waals surface area contributed by atoms with Crippen molar-refractivity contribution in [3.05, 3.63) is 42.5 Å². The number of anilines is 1. The fraction of sp³-hybridized carbons (Fsp3) is 0.308. The molecule has 3 N–H and O–H groups in total. The van der Waals surface area contributed by atoms with Gasteiger partial charge in [0.25, 0.3) is 0 Å². The Morgan fingerprint density at radius 2 is 2.20 bits per heavy atom. The lowest BCUT2D eigenvalue weighted by atomic mass is 10.2. The molecule has 0 aliphatic rings. The first-order valence-corrected chi connectivity index (χ1v) is 7.79. The van der Waals surface area contributed by atoms with Gasteiger partial charge in [0, 0.05) is 31.2 Å². The van der Waals surface area contributed by atoms with Crippen LogP contribution in [0.15, 0.2) is 41.8 Å². The number of aromatic nitrogens is 2. The van der Waals surface area contributed by atoms with Gasteiger partial charge in [-0.15, -0.1) is 0 Å². The molecule has 20 heavy (non-hydrogen) atoms. The molecule has 6 nitrogen and oxygen atoms in total. The van der Waals surface area contributed by atoms with Gasteiger partial charge in [0.2, 0.25) is 10.0 Å². The lowest BCUT2D eigenvalue weighted by Crippen LogP contribution is -2.25. The maximum Gasteiger partial charge on any atom is 0.240 e. The Labute approximate surface area is 118 Å². The number of aryl methyl sites for hydroxylation is 2. The van der Waals surface area contributed by atoms with Crippen LogP contribution in [0.2, 0.25) is 0 Å². The zero-order chi connectivity index (χ0) is 14.6. The first-order chi connectivity index (χ1) is 9.49. The summed E-state index contributed by atoms with van der Waals surface area (Å²) in [6, 6.07) is 4.70. The van der Waals surface area contributed by atoms with Crippen LogP contribution in [0.3, 0.4) is 0 Å². The predicted molar refractivity (Wildman–Crippen MR) is 77.6 cm³/mol. The number of hydrogen-bond acceptors (Lipinski definition) is 4. The maximum absolute atomic E-state index is 12.1. The summed E-state index contributed by atoms with van der Waals surface area (Å²) in [7, 11) is -3.47. The maximum atomic E-state index is 12.1. The number of imidazole rings is 1. The fourth-order valence-electron chi connectivity index (χ4n) is 1.79. The quantitative estimate of drug-likeness (QED) is 0.617. The largest absolute Gasteiger partial charge is 0.399 e. The van der Waals surface area contributed by atoms with Crippen molar-refractivity contribution in [2.75, 3.05) is 12.3 Å². The van der Waals surface area contributed by atoms with Crippen LogP contribution in [0.5, 0.6) is 0 Å². The average molecular weight is 294 g/mol. The Morgan fingerprint density at radius 1 is 1.40 bits per heavy atom. The summed E-state index contributed by atoms with van der Waals surface area (Å²) in [5.74, 6) is 0. The van der Waals surface area contributed by atoms with Crippen LogP contribution in [-0.4, -0.2) is 24.5 Å². The Balaban J connectivity index is 1.92. The standard InChI is InChI=1S/C13H18N4O2S/c1-11-9-12(3-4-13(11)14)20(18,19)16-5-2-7-17-8-6-15-10-17/h3-4,6,8-10,16H,2,5,7,14H2,1H3. The second-order valence-electron chi connectivity index (χ2n) is 4.57. The van der Waals surface area contributed by atoms with Gasteiger partial charge in [-0.2, -0.15) is 0 Å². The molecule has 0 spiro atoms. The SMILES string of the molecule is Cc1cc(S(=O)(=O)NCCCn2ccnc2)ccc1N. The highest BCUT2D eigenvalue weighted by Crippen LogP contribution is 2.16. The molecular weight excluding hydrogens is 276 g/mol. The van der Waals surface area contributed by atoms with E-state index in [0.717, 1.165) is 12.1 Å². The molecule has 0 amide bonds. The minimum absolute atomic E-state index is 0.242. The Bertz CT molecular complexity index is 666. The summed E-state index contributed by atoms with van der Waals surface area (Å²) in [5.41, 5.74) is 7.03. The van der Waals surface area contributed by atoms with E-state index in [1.54, 1.807) is 31.6 Å². The number of nitrogens with two attached hydrogens (primary N) is 1. The molecule has 0 bridgehead atoms. The molecule has 2 aromatic rings. The number of hydrogen-bond donors (Lipinski definition) is 2. The van der Waals surface area contributed by atoms with Crippen molar-refractivity contribution >= 4 is 15.7 Å². The summed E-state index contributed by atoms with van der Waals surface area (Å²) in [6.45, 7) is 2.89. The molecule has 2 rings (SSSR count). The molecule has 108 valence electrons. The van der Waals surface area contributed by atoms with Crippen LogP contribution < -0.4 is 10.5 Å². The fourth-order valence-corrected chi connectivity index (χ4v) is 2.94. The van der Waals surface area contributed by atoms with E-state index in [-0.39, 0.29) is 4.90 Å². The molecule has 0 aliphatic heterocycles. The Hall–Kier alpha value is -1.86. The third-order valence-electron chi connectivity index (χ3n) is 3.00. The highest BCUT2D eigenvalue weighted by molar-refractivity contribution is 7.89. The Kier molecular flexibility index (Phi) is 4.41. The van der Waals surface area contributed by atoms with Crippen LogP contribution in [0.25, 0.3) is 0 Å². The van der Waals surface area contributed by atoms with Crippen LogP contribution in [0.4, 0.5) is 5.69 Å². The van der Waals surface area contributed by atoms with E-state index in [0.29, 0.717) is 18.7 Å². The second kappa shape index (κ2) is 6.06. The van der Waals surface area contributed by atoms with Gasteiger partial charge < -0.3 is 10.3 Å². The molecule has 1 heterocycles. The van der Waals surface area contributed by atoms with Crippen molar-refractivity contribution in [3.8, 4) is 0 Å². The van der Waals surface area contributed by atoms with Crippen molar-refractivity contribution < 1.29 is 8.42 Å². The van der Waals surface area contributed by atoms with E-state index >= 15 is 0 Å². The molecule has 1 aromatic heterocycles. The number of nitrogen functional groups attached to an aromatic ring is 1. The highest BCUT2D eigenvalue weighted by Gasteiger charge is 2.13. The molecule has 0 unspecified atom stereocenters. The first kappa shape index (κ1) is 14.5. The van der Waals surface area contributed by atoms with Crippen LogP contribution in [0, 0.1) is 6.92 Å². The summed E-state index contributed by atoms with van der Waals surface area (Å²) >= 11 is 0. The van der Waals surface area contributed by atoms with Crippen molar-refractivity contribution in [3.63, 3.8) is 0 Å². The molecule has 7 heteroatoms. The summed E-state index contributed by atoms with van der Waals surface area (Å²) < 4.78 is 28.7. The minimum Gasteiger partial charge on any atom is -0.399 e. The number of nitrogens with zero attached hydrogens (tertiary/aromatic N) is 2. The van der Waals surface area contributed by atoms with Crippen molar-refractivity contribution in [1.82, 2.24) is 14.3 Å². The molecule has 0 aliphatic carbocycles. The third-order valence-corrected chi connectivity index (χ3v) is 4.45. The number of nitrogens with one attached hydrogen (secondary N) is 1. The van der Waals surface area contributed by atoms with Gasteiger partial charge in [-0.3, -0.25) is 0 Å². The van der Waals surface area contributed by atoms with Gasteiger partial charge in [0.15, 0.2) is 0 Å². The smallest absolute Gasteiger partial charge is 0.240 e. The van der Waals surface area contributed by atoms with Crippen molar-refractivity contribution in [2.24, 2.45) is 0 Å². The summed E-state index contributed by atoms with van der Waals surface area (Å²) in [5, 5.41) is 0. The van der Waals surface area contributed by atoms with Crippen molar-refractivity contribution in [2.45, 2.75) is 24.8 Å². The normalized spacial score (nSPS) is 11.7. The molecule has 0 saturated carbocycles. The van der Waals surface area contributed by atoms with Crippen LogP contribution in [-0.2, 0) is 16.6 Å². The topological polar surface area (TPSA) is 90.0 Å². The number of sulfonamides is 1. The lowest BCUT2D eigenvalue weighted by Gasteiger charge is -2.08. The van der Waals surface area contributed by atoms with Crippen LogP contribution in [0.1, 0.15) is 12.0 Å². The van der Waals surface area contributed by atoms with Gasteiger partial charge in [0.05, 0.1) is 11.2 Å². The summed E-state index contributed by atoms with van der Waals surface area (Å²) in [6.07, 6.45) is 5.94. The first-order valence-electron chi connectivity index (χ1n) is 6.30. The lowest BCUT2D eigenvalue weighted by molar-refractivity contribution is 0.570. The minimum atomic E-state index is -3.47. The number of rotatable bonds is 6. The molecule has 1 aromatic carbocycles. The van der Waals surface area contributed by atoms with Gasteiger partial charge in [0.1, 0.15) is 0 Å². The molecule has 0 radical (unpaired) electrons. The van der Waals surface area contributed by atoms with Gasteiger partial charge in [-0.1, -0.05) is 0 Å². The Morgan fingerprint density at radius 3 is 2.85 bits per heavy atom. The van der Waals surface area contributed by atoms with E-state index in [2.05, 4.69) is 9.71 Å². The zero-order valence-corrected chi connectivity index (χ0v) is 12.1. The van der Waals surface area contributed by atoms with Gasteiger partial charge >= 0.3 is 0 Å². The van der Waals surface area contributed by atoms with E-state index in [4.69, 9.17) is 5.73 Å². The summed E-state index contributed by atoms with van der Waals surface area (Å²) in [4.78, 5) is 4.17. The number of benzene rings is 1. The average Bonchev–Trinajstić information content (AvgIpc) is 2.91. The molecular formula is C13H18N4O2S. The molecule has 0 saturated heterocycles. The van der Waals surface area contributed by atoms with E-state index in [9.17, 15) is 8.42 Å². The monoisotopic (exact) mass is 294 g/mol. The predicted octanol–water partition coefficient (Wildman–Crippen LogP) is 1.14. The van der Waals surface area contributed by atoms with Crippen LogP contribution >= 0.6 is 0 Å². The van der Waals surface area contributed by atoms with E-state index < -0.39 is 10.0 Å². The highest BCUT2D eigenvalue weighted by atomic mass is 32.2. The zero-order valence-electron chi connectivity index (χ0n) is 11.3. The van der Waals surface area contributed by atoms with E-state index in [1.807, 2.05) is 10.8 Å². The molecule has 0 fully saturated rings.